The average molecular weight is 265 g/mol. The molecule has 19 heavy (non-hydrogen) atoms. The highest BCUT2D eigenvalue weighted by Gasteiger charge is 2.00. The molecule has 0 aliphatic carbocycles. The molecule has 1 aromatic rings. The molecule has 0 aromatic heterocycles. The van der Waals surface area contributed by atoms with Crippen LogP contribution in [0.2, 0.25) is 0 Å². The van der Waals surface area contributed by atoms with Gasteiger partial charge in [-0.15, -0.1) is 0 Å². The monoisotopic (exact) mass is 265 g/mol. The summed E-state index contributed by atoms with van der Waals surface area (Å²) in [5.74, 6) is 0.817. The molecule has 0 aliphatic rings. The van der Waals surface area contributed by atoms with Gasteiger partial charge in [0.2, 0.25) is 0 Å². The molecule has 0 atom stereocenters. The molecule has 0 fully saturated rings. The molecule has 5 heteroatoms. The van der Waals surface area contributed by atoms with Crippen LogP contribution in [0.25, 0.3) is 0 Å². The molecule has 1 rings (SSSR count). The van der Waals surface area contributed by atoms with E-state index in [1.165, 1.54) is 0 Å². The minimum Gasteiger partial charge on any atom is -0.497 e. The second-order valence-corrected chi connectivity index (χ2v) is 4.61. The highest BCUT2D eigenvalue weighted by atomic mass is 16.5. The molecule has 0 spiro atoms. The van der Waals surface area contributed by atoms with Crippen molar-refractivity contribution in [3.8, 4) is 5.75 Å². The van der Waals surface area contributed by atoms with E-state index in [0.717, 1.165) is 24.3 Å². The third-order valence-corrected chi connectivity index (χ3v) is 2.68. The van der Waals surface area contributed by atoms with Gasteiger partial charge in [-0.3, -0.25) is 0 Å². The van der Waals surface area contributed by atoms with Crippen molar-refractivity contribution in [2.45, 2.75) is 13.0 Å². The van der Waals surface area contributed by atoms with Crippen molar-refractivity contribution in [2.24, 2.45) is 0 Å². The topological polar surface area (TPSA) is 53.6 Å². The second-order valence-electron chi connectivity index (χ2n) is 4.61. The Morgan fingerprint density at radius 1 is 1.21 bits per heavy atom. The summed E-state index contributed by atoms with van der Waals surface area (Å²) >= 11 is 0. The Balaban J connectivity index is 2.18. The van der Waals surface area contributed by atoms with Gasteiger partial charge in [0.1, 0.15) is 5.75 Å². The van der Waals surface area contributed by atoms with Gasteiger partial charge in [0.05, 0.1) is 7.11 Å². The molecule has 2 N–H and O–H groups in total. The number of hydrogen-bond acceptors (Lipinski definition) is 3. The zero-order chi connectivity index (χ0) is 14.1. The summed E-state index contributed by atoms with van der Waals surface area (Å²) in [4.78, 5) is 13.6. The third kappa shape index (κ3) is 6.67. The number of methoxy groups -OCH3 is 1. The van der Waals surface area contributed by atoms with Gasteiger partial charge in [-0.1, -0.05) is 12.1 Å². The summed E-state index contributed by atoms with van der Waals surface area (Å²) in [7, 11) is 5.67. The lowest BCUT2D eigenvalue weighted by Crippen LogP contribution is -2.36. The summed E-state index contributed by atoms with van der Waals surface area (Å²) in [5, 5.41) is 5.65. The Hall–Kier alpha value is -1.75. The molecule has 0 saturated carbocycles. The van der Waals surface area contributed by atoms with Crippen molar-refractivity contribution in [3.05, 3.63) is 29.8 Å². The SMILES string of the molecule is COc1ccc(CNC(=O)NCCCN(C)C)cc1. The fraction of sp³-hybridized carbons (Fsp3) is 0.500. The van der Waals surface area contributed by atoms with E-state index >= 15 is 0 Å². The Morgan fingerprint density at radius 2 is 1.89 bits per heavy atom. The van der Waals surface area contributed by atoms with Crippen molar-refractivity contribution < 1.29 is 9.53 Å². The fourth-order valence-corrected chi connectivity index (χ4v) is 1.59. The predicted octanol–water partition coefficient (Wildman–Crippen LogP) is 1.45. The van der Waals surface area contributed by atoms with Gasteiger partial charge in [-0.2, -0.15) is 0 Å². The maximum absolute atomic E-state index is 11.5. The Bertz CT molecular complexity index is 377. The molecule has 0 bridgehead atoms. The van der Waals surface area contributed by atoms with Crippen LogP contribution in [0.1, 0.15) is 12.0 Å². The van der Waals surface area contributed by atoms with Gasteiger partial charge >= 0.3 is 6.03 Å². The lowest BCUT2D eigenvalue weighted by Gasteiger charge is -2.10. The van der Waals surface area contributed by atoms with Crippen LogP contribution < -0.4 is 15.4 Å². The lowest BCUT2D eigenvalue weighted by atomic mass is 10.2. The van der Waals surface area contributed by atoms with Crippen molar-refractivity contribution in [2.75, 3.05) is 34.3 Å². The van der Waals surface area contributed by atoms with E-state index in [-0.39, 0.29) is 6.03 Å². The number of carbonyl (C=O) groups excluding carboxylic acids is 1. The highest BCUT2D eigenvalue weighted by Crippen LogP contribution is 2.10. The van der Waals surface area contributed by atoms with Gasteiger partial charge in [-0.05, 0) is 44.8 Å². The Morgan fingerprint density at radius 3 is 2.47 bits per heavy atom. The molecular formula is C14H23N3O2. The fourth-order valence-electron chi connectivity index (χ4n) is 1.59. The van der Waals surface area contributed by atoms with E-state index in [1.807, 2.05) is 38.4 Å². The number of carbonyl (C=O) groups is 1. The van der Waals surface area contributed by atoms with Gasteiger partial charge in [0.25, 0.3) is 0 Å². The molecule has 0 unspecified atom stereocenters. The van der Waals surface area contributed by atoms with Gasteiger partial charge in [-0.25, -0.2) is 4.79 Å². The zero-order valence-electron chi connectivity index (χ0n) is 11.9. The Kier molecular flexibility index (Phi) is 6.74. The van der Waals surface area contributed by atoms with Crippen molar-refractivity contribution in [1.29, 1.82) is 0 Å². The van der Waals surface area contributed by atoms with E-state index in [0.29, 0.717) is 13.1 Å². The summed E-state index contributed by atoms with van der Waals surface area (Å²) in [6, 6.07) is 7.50. The summed E-state index contributed by atoms with van der Waals surface area (Å²) in [6.45, 7) is 2.18. The van der Waals surface area contributed by atoms with E-state index in [2.05, 4.69) is 15.5 Å². The normalized spacial score (nSPS) is 10.3. The van der Waals surface area contributed by atoms with E-state index in [1.54, 1.807) is 7.11 Å². The largest absolute Gasteiger partial charge is 0.497 e. The first-order valence-corrected chi connectivity index (χ1v) is 6.41. The third-order valence-electron chi connectivity index (χ3n) is 2.68. The van der Waals surface area contributed by atoms with Gasteiger partial charge in [0, 0.05) is 13.1 Å². The minimum absolute atomic E-state index is 0.130. The van der Waals surface area contributed by atoms with Crippen LogP contribution in [-0.4, -0.2) is 45.2 Å². The number of nitrogens with one attached hydrogen (secondary N) is 2. The van der Waals surface area contributed by atoms with Crippen molar-refractivity contribution >= 4 is 6.03 Å². The quantitative estimate of drug-likeness (QED) is 0.734. The number of urea groups is 1. The number of hydrogen-bond donors (Lipinski definition) is 2. The first kappa shape index (κ1) is 15.3. The molecule has 0 heterocycles. The molecule has 2 amide bonds. The zero-order valence-corrected chi connectivity index (χ0v) is 11.9. The average Bonchev–Trinajstić information content (AvgIpc) is 2.41. The van der Waals surface area contributed by atoms with Crippen LogP contribution in [0.3, 0.4) is 0 Å². The second kappa shape index (κ2) is 8.37. The maximum Gasteiger partial charge on any atom is 0.315 e. The standard InChI is InChI=1S/C14H23N3O2/c1-17(2)10-4-9-15-14(18)16-11-12-5-7-13(19-3)8-6-12/h5-8H,4,9-11H2,1-3H3,(H2,15,16,18). The van der Waals surface area contributed by atoms with Crippen LogP contribution in [0.5, 0.6) is 5.75 Å². The summed E-state index contributed by atoms with van der Waals surface area (Å²) < 4.78 is 5.08. The molecule has 0 aliphatic heterocycles. The number of amides is 2. The van der Waals surface area contributed by atoms with Crippen LogP contribution in [0.15, 0.2) is 24.3 Å². The smallest absolute Gasteiger partial charge is 0.315 e. The molecule has 0 saturated heterocycles. The molecule has 5 nitrogen and oxygen atoms in total. The molecule has 0 radical (unpaired) electrons. The summed E-state index contributed by atoms with van der Waals surface area (Å²) in [6.07, 6.45) is 0.947. The number of ether oxygens (including phenoxy) is 1. The van der Waals surface area contributed by atoms with Crippen LogP contribution in [0, 0.1) is 0 Å². The number of benzene rings is 1. The summed E-state index contributed by atoms with van der Waals surface area (Å²) in [5.41, 5.74) is 1.05. The van der Waals surface area contributed by atoms with Crippen LogP contribution in [0.4, 0.5) is 4.79 Å². The van der Waals surface area contributed by atoms with Gasteiger partial charge < -0.3 is 20.3 Å². The number of nitrogens with zero attached hydrogens (tertiary/aromatic N) is 1. The lowest BCUT2D eigenvalue weighted by molar-refractivity contribution is 0.240. The van der Waals surface area contributed by atoms with E-state index < -0.39 is 0 Å². The number of rotatable bonds is 7. The van der Waals surface area contributed by atoms with Crippen molar-refractivity contribution in [1.82, 2.24) is 15.5 Å². The first-order valence-electron chi connectivity index (χ1n) is 6.41. The van der Waals surface area contributed by atoms with E-state index in [4.69, 9.17) is 4.74 Å². The van der Waals surface area contributed by atoms with Gasteiger partial charge in [0.15, 0.2) is 0 Å². The van der Waals surface area contributed by atoms with Crippen molar-refractivity contribution in [3.63, 3.8) is 0 Å². The van der Waals surface area contributed by atoms with Crippen LogP contribution >= 0.6 is 0 Å². The molecule has 106 valence electrons. The molecular weight excluding hydrogens is 242 g/mol. The predicted molar refractivity (Wildman–Crippen MR) is 76.4 cm³/mol. The van der Waals surface area contributed by atoms with E-state index in [9.17, 15) is 4.79 Å². The Labute approximate surface area is 114 Å². The highest BCUT2D eigenvalue weighted by molar-refractivity contribution is 5.73. The first-order chi connectivity index (χ1) is 9.11. The maximum atomic E-state index is 11.5. The molecule has 1 aromatic carbocycles. The van der Waals surface area contributed by atoms with Crippen LogP contribution in [-0.2, 0) is 6.54 Å². The minimum atomic E-state index is -0.130.